The smallest absolute Gasteiger partial charge is 0.290 e. The summed E-state index contributed by atoms with van der Waals surface area (Å²) >= 11 is 9.54. The van der Waals surface area contributed by atoms with Gasteiger partial charge in [0, 0.05) is 34.2 Å². The van der Waals surface area contributed by atoms with Crippen molar-refractivity contribution in [1.29, 1.82) is 0 Å². The molecule has 0 spiro atoms. The molecule has 26 heavy (non-hydrogen) atoms. The molecule has 0 saturated heterocycles. The third kappa shape index (κ3) is 4.12. The lowest BCUT2D eigenvalue weighted by molar-refractivity contribution is 0.0700. The number of rotatable bonds is 6. The molecule has 0 N–H and O–H groups in total. The average Bonchev–Trinajstić information content (AvgIpc) is 3.14. The van der Waals surface area contributed by atoms with Gasteiger partial charge in [0.05, 0.1) is 22.0 Å². The zero-order valence-corrected chi connectivity index (χ0v) is 17.8. The van der Waals surface area contributed by atoms with Gasteiger partial charge in [-0.2, -0.15) is 5.10 Å². The molecule has 0 aliphatic heterocycles. The van der Waals surface area contributed by atoms with Crippen LogP contribution in [0.25, 0.3) is 0 Å². The molecule has 0 bridgehead atoms. The monoisotopic (exact) mass is 444 g/mol. The number of aryl methyl sites for hydroxylation is 1. The molecule has 2 amide bonds. The number of amides is 2. The van der Waals surface area contributed by atoms with Crippen molar-refractivity contribution in [1.82, 2.24) is 19.6 Å². The molecule has 2 rings (SSSR count). The van der Waals surface area contributed by atoms with Crippen LogP contribution in [0.3, 0.4) is 0 Å². The van der Waals surface area contributed by atoms with Gasteiger partial charge in [0.1, 0.15) is 5.15 Å². The molecule has 2 aromatic heterocycles. The van der Waals surface area contributed by atoms with Crippen molar-refractivity contribution in [3.63, 3.8) is 0 Å². The lowest BCUT2D eigenvalue weighted by Crippen LogP contribution is -2.37. The van der Waals surface area contributed by atoms with Gasteiger partial charge in [-0.05, 0) is 27.9 Å². The SMILES string of the molecule is CC(C)c1nn(C)c(Cl)c1C(=O)N(C)CCN(C)C(=O)c1occc1Br. The van der Waals surface area contributed by atoms with Crippen molar-refractivity contribution < 1.29 is 14.0 Å². The summed E-state index contributed by atoms with van der Waals surface area (Å²) in [6.07, 6.45) is 1.44. The fourth-order valence-corrected chi connectivity index (χ4v) is 3.02. The summed E-state index contributed by atoms with van der Waals surface area (Å²) in [5, 5.41) is 4.65. The molecule has 2 aromatic rings. The van der Waals surface area contributed by atoms with E-state index in [0.717, 1.165) is 0 Å². The molecular formula is C17H22BrClN4O3. The third-order valence-electron chi connectivity index (χ3n) is 4.04. The zero-order chi connectivity index (χ0) is 19.6. The molecule has 0 aliphatic carbocycles. The highest BCUT2D eigenvalue weighted by molar-refractivity contribution is 9.10. The lowest BCUT2D eigenvalue weighted by atomic mass is 10.1. The first-order valence-corrected chi connectivity index (χ1v) is 9.28. The Bertz CT molecular complexity index is 815. The van der Waals surface area contributed by atoms with Crippen molar-refractivity contribution >= 4 is 39.3 Å². The van der Waals surface area contributed by atoms with E-state index in [9.17, 15) is 9.59 Å². The Morgan fingerprint density at radius 3 is 2.35 bits per heavy atom. The normalized spacial score (nSPS) is 11.1. The van der Waals surface area contributed by atoms with Crippen molar-refractivity contribution in [3.8, 4) is 0 Å². The minimum atomic E-state index is -0.259. The number of likely N-dealkylation sites (N-methyl/N-ethyl adjacent to an activating group) is 2. The minimum absolute atomic E-state index is 0.0709. The van der Waals surface area contributed by atoms with E-state index in [2.05, 4.69) is 21.0 Å². The number of furan rings is 1. The molecule has 7 nitrogen and oxygen atoms in total. The lowest BCUT2D eigenvalue weighted by Gasteiger charge is -2.22. The molecule has 9 heteroatoms. The van der Waals surface area contributed by atoms with Gasteiger partial charge in [0.25, 0.3) is 11.8 Å². The van der Waals surface area contributed by atoms with Crippen LogP contribution in [-0.4, -0.2) is 58.6 Å². The average molecular weight is 446 g/mol. The Hall–Kier alpha value is -1.80. The van der Waals surface area contributed by atoms with Crippen LogP contribution in [0.5, 0.6) is 0 Å². The molecule has 0 atom stereocenters. The predicted octanol–water partition coefficient (Wildman–Crippen LogP) is 3.40. The Balaban J connectivity index is 2.06. The van der Waals surface area contributed by atoms with E-state index in [-0.39, 0.29) is 23.5 Å². The zero-order valence-electron chi connectivity index (χ0n) is 15.4. The number of nitrogens with zero attached hydrogens (tertiary/aromatic N) is 4. The van der Waals surface area contributed by atoms with E-state index in [1.807, 2.05) is 13.8 Å². The summed E-state index contributed by atoms with van der Waals surface area (Å²) in [7, 11) is 5.04. The van der Waals surface area contributed by atoms with Crippen LogP contribution < -0.4 is 0 Å². The highest BCUT2D eigenvalue weighted by atomic mass is 79.9. The largest absolute Gasteiger partial charge is 0.458 e. The van der Waals surface area contributed by atoms with Gasteiger partial charge >= 0.3 is 0 Å². The molecule has 142 valence electrons. The standard InChI is InChI=1S/C17H22BrClN4O3/c1-10(2)13-12(15(19)23(5)20-13)16(24)21(3)7-8-22(4)17(25)14-11(18)6-9-26-14/h6,9-10H,7-8H2,1-5H3. The van der Waals surface area contributed by atoms with Crippen molar-refractivity contribution in [2.24, 2.45) is 7.05 Å². The fraction of sp³-hybridized carbons (Fsp3) is 0.471. The highest BCUT2D eigenvalue weighted by Crippen LogP contribution is 2.26. The molecule has 0 fully saturated rings. The molecule has 2 heterocycles. The van der Waals surface area contributed by atoms with Gasteiger partial charge in [-0.15, -0.1) is 0 Å². The maximum absolute atomic E-state index is 12.8. The number of carbonyl (C=O) groups is 2. The van der Waals surface area contributed by atoms with E-state index in [0.29, 0.717) is 34.0 Å². The quantitative estimate of drug-likeness (QED) is 0.683. The van der Waals surface area contributed by atoms with E-state index in [1.165, 1.54) is 20.7 Å². The number of hydrogen-bond acceptors (Lipinski definition) is 4. The Kier molecular flexibility index (Phi) is 6.52. The maximum Gasteiger partial charge on any atom is 0.290 e. The van der Waals surface area contributed by atoms with Gasteiger partial charge in [0.15, 0.2) is 0 Å². The van der Waals surface area contributed by atoms with E-state index in [1.54, 1.807) is 27.2 Å². The molecule has 0 saturated carbocycles. The second-order valence-electron chi connectivity index (χ2n) is 6.38. The topological polar surface area (TPSA) is 71.6 Å². The van der Waals surface area contributed by atoms with Crippen LogP contribution in [0.15, 0.2) is 21.2 Å². The first-order valence-electron chi connectivity index (χ1n) is 8.11. The summed E-state index contributed by atoms with van der Waals surface area (Å²) in [6, 6.07) is 1.66. The van der Waals surface area contributed by atoms with Crippen LogP contribution in [-0.2, 0) is 7.05 Å². The van der Waals surface area contributed by atoms with E-state index < -0.39 is 0 Å². The second-order valence-corrected chi connectivity index (χ2v) is 7.59. The number of halogens is 2. The van der Waals surface area contributed by atoms with Crippen molar-refractivity contribution in [3.05, 3.63) is 39.0 Å². The molecule has 0 unspecified atom stereocenters. The molecule has 0 radical (unpaired) electrons. The summed E-state index contributed by atoms with van der Waals surface area (Å²) in [6.45, 7) is 4.62. The van der Waals surface area contributed by atoms with Crippen LogP contribution in [0.2, 0.25) is 5.15 Å². The summed E-state index contributed by atoms with van der Waals surface area (Å²) in [5.74, 6) is -0.169. The van der Waals surface area contributed by atoms with E-state index in [4.69, 9.17) is 16.0 Å². The van der Waals surface area contributed by atoms with Crippen LogP contribution in [0.4, 0.5) is 0 Å². The number of aromatic nitrogens is 2. The maximum atomic E-state index is 12.8. The van der Waals surface area contributed by atoms with Gasteiger partial charge in [-0.25, -0.2) is 0 Å². The van der Waals surface area contributed by atoms with Crippen molar-refractivity contribution in [2.45, 2.75) is 19.8 Å². The molecular weight excluding hydrogens is 424 g/mol. The number of hydrogen-bond donors (Lipinski definition) is 0. The van der Waals surface area contributed by atoms with Gasteiger partial charge < -0.3 is 14.2 Å². The Labute approximate surface area is 166 Å². The summed E-state index contributed by atoms with van der Waals surface area (Å²) in [5.41, 5.74) is 1.08. The molecule has 0 aliphatic rings. The first-order chi connectivity index (χ1) is 12.1. The Morgan fingerprint density at radius 2 is 1.85 bits per heavy atom. The summed E-state index contributed by atoms with van der Waals surface area (Å²) in [4.78, 5) is 28.2. The van der Waals surface area contributed by atoms with E-state index >= 15 is 0 Å². The van der Waals surface area contributed by atoms with Crippen LogP contribution >= 0.6 is 27.5 Å². The molecule has 0 aromatic carbocycles. The third-order valence-corrected chi connectivity index (χ3v) is 5.10. The van der Waals surface area contributed by atoms with Gasteiger partial charge in [0.2, 0.25) is 5.76 Å². The minimum Gasteiger partial charge on any atom is -0.458 e. The van der Waals surface area contributed by atoms with Gasteiger partial charge in [-0.3, -0.25) is 14.3 Å². The highest BCUT2D eigenvalue weighted by Gasteiger charge is 2.26. The summed E-state index contributed by atoms with van der Waals surface area (Å²) < 4.78 is 7.29. The predicted molar refractivity (Wildman–Crippen MR) is 103 cm³/mol. The number of carbonyl (C=O) groups excluding carboxylic acids is 2. The fourth-order valence-electron chi connectivity index (χ4n) is 2.44. The van der Waals surface area contributed by atoms with Crippen molar-refractivity contribution in [2.75, 3.05) is 27.2 Å². The van der Waals surface area contributed by atoms with Crippen LogP contribution in [0, 0.1) is 0 Å². The van der Waals surface area contributed by atoms with Crippen LogP contribution in [0.1, 0.15) is 46.4 Å². The second kappa shape index (κ2) is 8.26. The van der Waals surface area contributed by atoms with Gasteiger partial charge in [-0.1, -0.05) is 25.4 Å². The first kappa shape index (κ1) is 20.5. The Morgan fingerprint density at radius 1 is 1.27 bits per heavy atom.